The number of benzene rings is 1. The monoisotopic (exact) mass is 352 g/mol. The Bertz CT molecular complexity index is 529. The number of alkyl halides is 3. The molecule has 1 N–H and O–H groups in total. The lowest BCUT2D eigenvalue weighted by molar-refractivity contribution is -0.140. The number of nitrogens with zero attached hydrogens (tertiary/aromatic N) is 1. The van der Waals surface area contributed by atoms with Crippen LogP contribution >= 0.6 is 22.6 Å². The Kier molecular flexibility index (Phi) is 3.15. The molecule has 0 aliphatic heterocycles. The molecule has 0 saturated carbocycles. The second kappa shape index (κ2) is 4.32. The Labute approximate surface area is 109 Å². The number of hydrogen-bond acceptors (Lipinski definition) is 1. The van der Waals surface area contributed by atoms with Gasteiger partial charge >= 0.3 is 6.18 Å². The standard InChI is InChI=1S/C11H8F3IN2/c1-6-2-4-7(5-3-6)8-9(11(12,13)14)16-17-10(8)15/h2-5H,1H3,(H,16,17). The molecule has 90 valence electrons. The third kappa shape index (κ3) is 2.46. The number of H-pyrrole nitrogens is 1. The van der Waals surface area contributed by atoms with E-state index in [0.717, 1.165) is 5.56 Å². The number of halogens is 4. The van der Waals surface area contributed by atoms with Crippen LogP contribution in [0.4, 0.5) is 13.2 Å². The average Bonchev–Trinajstić information content (AvgIpc) is 2.61. The van der Waals surface area contributed by atoms with Crippen molar-refractivity contribution in [2.75, 3.05) is 0 Å². The van der Waals surface area contributed by atoms with Crippen molar-refractivity contribution in [3.63, 3.8) is 0 Å². The predicted octanol–water partition coefficient (Wildman–Crippen LogP) is 4.01. The van der Waals surface area contributed by atoms with Crippen molar-refractivity contribution in [2.24, 2.45) is 0 Å². The smallest absolute Gasteiger partial charge is 0.272 e. The minimum atomic E-state index is -4.42. The van der Waals surface area contributed by atoms with E-state index in [9.17, 15) is 13.2 Å². The Morgan fingerprint density at radius 2 is 1.76 bits per heavy atom. The van der Waals surface area contributed by atoms with Gasteiger partial charge in [0.1, 0.15) is 9.39 Å². The normalized spacial score (nSPS) is 11.8. The molecule has 2 aromatic rings. The molecule has 17 heavy (non-hydrogen) atoms. The van der Waals surface area contributed by atoms with Gasteiger partial charge in [-0.15, -0.1) is 0 Å². The molecule has 1 aromatic carbocycles. The first kappa shape index (κ1) is 12.4. The van der Waals surface area contributed by atoms with Crippen molar-refractivity contribution >= 4 is 22.6 Å². The maximum Gasteiger partial charge on any atom is 0.433 e. The third-order valence-corrected chi connectivity index (χ3v) is 3.13. The number of hydrogen-bond donors (Lipinski definition) is 1. The molecule has 0 aliphatic carbocycles. The summed E-state index contributed by atoms with van der Waals surface area (Å²) in [5.74, 6) is 0. The second-order valence-electron chi connectivity index (χ2n) is 3.63. The van der Waals surface area contributed by atoms with Gasteiger partial charge in [-0.25, -0.2) is 0 Å². The first-order valence-electron chi connectivity index (χ1n) is 4.77. The van der Waals surface area contributed by atoms with E-state index in [4.69, 9.17) is 0 Å². The molecule has 1 heterocycles. The van der Waals surface area contributed by atoms with E-state index < -0.39 is 11.9 Å². The van der Waals surface area contributed by atoms with Crippen LogP contribution in [0, 0.1) is 10.6 Å². The fourth-order valence-electron chi connectivity index (χ4n) is 1.51. The molecular weight excluding hydrogens is 344 g/mol. The van der Waals surface area contributed by atoms with Gasteiger partial charge in [0, 0.05) is 5.56 Å². The number of aromatic amines is 1. The van der Waals surface area contributed by atoms with Gasteiger partial charge in [-0.05, 0) is 35.1 Å². The summed E-state index contributed by atoms with van der Waals surface area (Å²) >= 11 is 1.79. The van der Waals surface area contributed by atoms with E-state index >= 15 is 0 Å². The van der Waals surface area contributed by atoms with Crippen LogP contribution in [-0.4, -0.2) is 10.2 Å². The minimum absolute atomic E-state index is 0.109. The van der Waals surface area contributed by atoms with Crippen LogP contribution in [0.2, 0.25) is 0 Å². The van der Waals surface area contributed by atoms with Crippen LogP contribution in [0.5, 0.6) is 0 Å². The van der Waals surface area contributed by atoms with E-state index in [1.807, 2.05) is 12.0 Å². The SMILES string of the molecule is Cc1ccc(-c2c(I)n[nH]c2C(F)(F)F)cc1. The average molecular weight is 352 g/mol. The van der Waals surface area contributed by atoms with Gasteiger partial charge < -0.3 is 0 Å². The molecule has 0 unspecified atom stereocenters. The molecule has 0 saturated heterocycles. The number of aryl methyl sites for hydroxylation is 1. The van der Waals surface area contributed by atoms with Crippen molar-refractivity contribution in [1.29, 1.82) is 0 Å². The Hall–Kier alpha value is -1.05. The summed E-state index contributed by atoms with van der Waals surface area (Å²) in [5, 5.41) is 5.67. The van der Waals surface area contributed by atoms with Gasteiger partial charge in [0.15, 0.2) is 0 Å². The van der Waals surface area contributed by atoms with Gasteiger partial charge in [-0.3, -0.25) is 5.10 Å². The van der Waals surface area contributed by atoms with E-state index in [1.54, 1.807) is 46.9 Å². The highest BCUT2D eigenvalue weighted by atomic mass is 127. The minimum Gasteiger partial charge on any atom is -0.272 e. The molecule has 0 radical (unpaired) electrons. The van der Waals surface area contributed by atoms with E-state index in [2.05, 4.69) is 5.10 Å². The lowest BCUT2D eigenvalue weighted by Crippen LogP contribution is -2.07. The van der Waals surface area contributed by atoms with Crippen LogP contribution < -0.4 is 0 Å². The highest BCUT2D eigenvalue weighted by Gasteiger charge is 2.37. The summed E-state index contributed by atoms with van der Waals surface area (Å²) in [6.45, 7) is 1.88. The maximum atomic E-state index is 12.8. The summed E-state index contributed by atoms with van der Waals surface area (Å²) in [6.07, 6.45) is -4.42. The molecule has 2 nitrogen and oxygen atoms in total. The van der Waals surface area contributed by atoms with Crippen LogP contribution in [-0.2, 0) is 6.18 Å². The van der Waals surface area contributed by atoms with Gasteiger partial charge in [-0.1, -0.05) is 29.8 Å². The molecule has 0 atom stereocenters. The zero-order valence-electron chi connectivity index (χ0n) is 8.77. The molecule has 2 rings (SSSR count). The highest BCUT2D eigenvalue weighted by Crippen LogP contribution is 2.37. The molecule has 0 fully saturated rings. The van der Waals surface area contributed by atoms with Gasteiger partial charge in [0.25, 0.3) is 0 Å². The summed E-state index contributed by atoms with van der Waals surface area (Å²) in [4.78, 5) is 0. The molecule has 0 aliphatic rings. The fraction of sp³-hybridized carbons (Fsp3) is 0.182. The topological polar surface area (TPSA) is 28.7 Å². The van der Waals surface area contributed by atoms with Gasteiger partial charge in [-0.2, -0.15) is 18.3 Å². The quantitative estimate of drug-likeness (QED) is 0.772. The van der Waals surface area contributed by atoms with Crippen molar-refractivity contribution in [1.82, 2.24) is 10.2 Å². The van der Waals surface area contributed by atoms with Crippen LogP contribution in [0.3, 0.4) is 0 Å². The fourth-order valence-corrected chi connectivity index (χ4v) is 2.21. The predicted molar refractivity (Wildman–Crippen MR) is 66.5 cm³/mol. The zero-order chi connectivity index (χ0) is 12.6. The highest BCUT2D eigenvalue weighted by molar-refractivity contribution is 14.1. The number of aromatic nitrogens is 2. The van der Waals surface area contributed by atoms with E-state index in [-0.39, 0.29) is 5.56 Å². The summed E-state index contributed by atoms with van der Waals surface area (Å²) < 4.78 is 38.6. The number of nitrogens with one attached hydrogen (secondary N) is 1. The van der Waals surface area contributed by atoms with E-state index in [0.29, 0.717) is 9.26 Å². The molecule has 0 spiro atoms. The summed E-state index contributed by atoms with van der Waals surface area (Å²) in [5.41, 5.74) is 0.825. The van der Waals surface area contributed by atoms with Crippen LogP contribution in [0.1, 0.15) is 11.3 Å². The van der Waals surface area contributed by atoms with Gasteiger partial charge in [0.05, 0.1) is 0 Å². The zero-order valence-corrected chi connectivity index (χ0v) is 10.9. The maximum absolute atomic E-state index is 12.8. The van der Waals surface area contributed by atoms with Crippen LogP contribution in [0.15, 0.2) is 24.3 Å². The summed E-state index contributed by atoms with van der Waals surface area (Å²) in [7, 11) is 0. The summed E-state index contributed by atoms with van der Waals surface area (Å²) in [6, 6.07) is 6.88. The van der Waals surface area contributed by atoms with E-state index in [1.165, 1.54) is 0 Å². The lowest BCUT2D eigenvalue weighted by Gasteiger charge is -2.07. The van der Waals surface area contributed by atoms with Crippen molar-refractivity contribution in [3.05, 3.63) is 39.2 Å². The van der Waals surface area contributed by atoms with Crippen molar-refractivity contribution in [3.8, 4) is 11.1 Å². The Morgan fingerprint density at radius 1 is 1.18 bits per heavy atom. The van der Waals surface area contributed by atoms with Crippen molar-refractivity contribution in [2.45, 2.75) is 13.1 Å². The largest absolute Gasteiger partial charge is 0.433 e. The lowest BCUT2D eigenvalue weighted by atomic mass is 10.0. The molecular formula is C11H8F3IN2. The molecule has 1 aromatic heterocycles. The Balaban J connectivity index is 2.59. The van der Waals surface area contributed by atoms with Crippen molar-refractivity contribution < 1.29 is 13.2 Å². The second-order valence-corrected chi connectivity index (χ2v) is 4.65. The number of rotatable bonds is 1. The molecule has 6 heteroatoms. The first-order chi connectivity index (χ1) is 7.89. The first-order valence-corrected chi connectivity index (χ1v) is 5.85. The third-order valence-electron chi connectivity index (χ3n) is 2.35. The Morgan fingerprint density at radius 3 is 2.29 bits per heavy atom. The van der Waals surface area contributed by atoms with Crippen LogP contribution in [0.25, 0.3) is 11.1 Å². The van der Waals surface area contributed by atoms with Gasteiger partial charge in [0.2, 0.25) is 0 Å². The molecule has 0 amide bonds. The molecule has 0 bridgehead atoms.